The van der Waals surface area contributed by atoms with Gasteiger partial charge in [-0.1, -0.05) is 5.16 Å². The molecule has 0 radical (unpaired) electrons. The first-order valence-electron chi connectivity index (χ1n) is 7.26. The fourth-order valence-corrected chi connectivity index (χ4v) is 2.04. The molecule has 0 bridgehead atoms. The number of nitrogens with zero attached hydrogens (tertiary/aromatic N) is 2. The van der Waals surface area contributed by atoms with Crippen molar-refractivity contribution in [1.82, 2.24) is 10.1 Å². The topological polar surface area (TPSA) is 89.3 Å². The van der Waals surface area contributed by atoms with Crippen LogP contribution in [0.5, 0.6) is 5.75 Å². The Kier molecular flexibility index (Phi) is 4.42. The van der Waals surface area contributed by atoms with Gasteiger partial charge < -0.3 is 19.9 Å². The summed E-state index contributed by atoms with van der Waals surface area (Å²) in [4.78, 5) is 16.3. The largest absolute Gasteiger partial charge is 0.497 e. The van der Waals surface area contributed by atoms with Crippen LogP contribution >= 0.6 is 0 Å². The zero-order valence-corrected chi connectivity index (χ0v) is 13.2. The summed E-state index contributed by atoms with van der Waals surface area (Å²) in [5.74, 6) is 1.74. The summed E-state index contributed by atoms with van der Waals surface area (Å²) in [6.45, 7) is 1.81. The van der Waals surface area contributed by atoms with Gasteiger partial charge in [-0.3, -0.25) is 4.79 Å². The normalized spacial score (nSPS) is 10.2. The smallest absolute Gasteiger partial charge is 0.274 e. The van der Waals surface area contributed by atoms with Crippen LogP contribution in [0.3, 0.4) is 0 Å². The monoisotopic (exact) mass is 324 g/mol. The van der Waals surface area contributed by atoms with E-state index in [0.29, 0.717) is 28.6 Å². The van der Waals surface area contributed by atoms with Gasteiger partial charge in [0.05, 0.1) is 19.0 Å². The Hall–Kier alpha value is -3.35. The van der Waals surface area contributed by atoms with Crippen molar-refractivity contribution in [2.24, 2.45) is 0 Å². The molecule has 1 amide bonds. The molecule has 0 aliphatic heterocycles. The molecule has 2 N–H and O–H groups in total. The van der Waals surface area contributed by atoms with Gasteiger partial charge in [0, 0.05) is 11.8 Å². The number of anilines is 3. The van der Waals surface area contributed by atoms with Gasteiger partial charge in [-0.25, -0.2) is 4.98 Å². The summed E-state index contributed by atoms with van der Waals surface area (Å²) >= 11 is 0. The van der Waals surface area contributed by atoms with E-state index in [1.54, 1.807) is 55.8 Å². The zero-order chi connectivity index (χ0) is 16.9. The van der Waals surface area contributed by atoms with Gasteiger partial charge in [0.15, 0.2) is 5.82 Å². The van der Waals surface area contributed by atoms with E-state index in [9.17, 15) is 4.79 Å². The molecule has 0 aliphatic rings. The minimum atomic E-state index is -0.288. The molecule has 0 unspecified atom stereocenters. The van der Waals surface area contributed by atoms with E-state index in [1.165, 1.54) is 0 Å². The fourth-order valence-electron chi connectivity index (χ4n) is 2.04. The summed E-state index contributed by atoms with van der Waals surface area (Å²) in [5, 5.41) is 9.65. The van der Waals surface area contributed by atoms with Gasteiger partial charge in [0.2, 0.25) is 0 Å². The number of carbonyl (C=O) groups excluding carboxylic acids is 1. The maximum atomic E-state index is 12.2. The third kappa shape index (κ3) is 3.70. The molecule has 0 aliphatic carbocycles. The van der Waals surface area contributed by atoms with Crippen LogP contribution in [0.4, 0.5) is 17.2 Å². The predicted molar refractivity (Wildman–Crippen MR) is 89.7 cm³/mol. The van der Waals surface area contributed by atoms with Gasteiger partial charge in [0.25, 0.3) is 5.91 Å². The summed E-state index contributed by atoms with van der Waals surface area (Å²) < 4.78 is 10.1. The van der Waals surface area contributed by atoms with Crippen LogP contribution in [0.15, 0.2) is 53.2 Å². The van der Waals surface area contributed by atoms with Crippen LogP contribution in [-0.4, -0.2) is 23.2 Å². The number of rotatable bonds is 5. The quantitative estimate of drug-likeness (QED) is 0.748. The minimum Gasteiger partial charge on any atom is -0.497 e. The van der Waals surface area contributed by atoms with Gasteiger partial charge in [-0.15, -0.1) is 0 Å². The summed E-state index contributed by atoms with van der Waals surface area (Å²) in [6.07, 6.45) is 1.56. The van der Waals surface area contributed by atoms with Crippen LogP contribution in [0, 0.1) is 6.92 Å². The number of amides is 1. The highest BCUT2D eigenvalue weighted by Crippen LogP contribution is 2.17. The van der Waals surface area contributed by atoms with Crippen molar-refractivity contribution in [1.29, 1.82) is 0 Å². The first-order valence-corrected chi connectivity index (χ1v) is 7.26. The van der Waals surface area contributed by atoms with E-state index >= 15 is 0 Å². The van der Waals surface area contributed by atoms with Crippen molar-refractivity contribution in [2.45, 2.75) is 6.92 Å². The first kappa shape index (κ1) is 15.5. The second-order valence-corrected chi connectivity index (χ2v) is 5.06. The molecule has 7 nitrogen and oxygen atoms in total. The zero-order valence-electron chi connectivity index (χ0n) is 13.2. The van der Waals surface area contributed by atoms with Crippen LogP contribution in [-0.2, 0) is 0 Å². The van der Waals surface area contributed by atoms with Crippen LogP contribution < -0.4 is 15.4 Å². The van der Waals surface area contributed by atoms with Crippen molar-refractivity contribution in [3.63, 3.8) is 0 Å². The molecule has 2 aromatic heterocycles. The number of aryl methyl sites for hydroxylation is 1. The lowest BCUT2D eigenvalue weighted by atomic mass is 10.2. The highest BCUT2D eigenvalue weighted by Gasteiger charge is 2.08. The van der Waals surface area contributed by atoms with Crippen molar-refractivity contribution >= 4 is 23.1 Å². The third-order valence-electron chi connectivity index (χ3n) is 3.24. The molecule has 7 heteroatoms. The molecule has 0 fully saturated rings. The standard InChI is InChI=1S/C17H16N4O3/c1-11-9-16(21-24-11)19-13-5-8-15(18-10-13)17(22)20-12-3-6-14(23-2)7-4-12/h3-10H,1-2H3,(H,19,21)(H,20,22). The maximum Gasteiger partial charge on any atom is 0.274 e. The Morgan fingerprint density at radius 3 is 2.46 bits per heavy atom. The van der Waals surface area contributed by atoms with Gasteiger partial charge >= 0.3 is 0 Å². The number of ether oxygens (including phenoxy) is 1. The molecular formula is C17H16N4O3. The lowest BCUT2D eigenvalue weighted by Crippen LogP contribution is -2.13. The molecule has 3 rings (SSSR count). The Morgan fingerprint density at radius 1 is 1.12 bits per heavy atom. The van der Waals surface area contributed by atoms with Crippen LogP contribution in [0.25, 0.3) is 0 Å². The molecule has 0 saturated heterocycles. The van der Waals surface area contributed by atoms with E-state index < -0.39 is 0 Å². The lowest BCUT2D eigenvalue weighted by molar-refractivity contribution is 0.102. The van der Waals surface area contributed by atoms with Crippen molar-refractivity contribution in [3.8, 4) is 5.75 Å². The molecule has 1 aromatic carbocycles. The number of pyridine rings is 1. The molecule has 0 saturated carbocycles. The number of hydrogen-bond donors (Lipinski definition) is 2. The molecule has 3 aromatic rings. The highest BCUT2D eigenvalue weighted by atomic mass is 16.5. The summed E-state index contributed by atoms with van der Waals surface area (Å²) in [7, 11) is 1.59. The van der Waals surface area contributed by atoms with E-state index in [4.69, 9.17) is 9.26 Å². The lowest BCUT2D eigenvalue weighted by Gasteiger charge is -2.07. The third-order valence-corrected chi connectivity index (χ3v) is 3.24. The number of benzene rings is 1. The molecule has 0 atom stereocenters. The summed E-state index contributed by atoms with van der Waals surface area (Å²) in [6, 6.07) is 12.2. The maximum absolute atomic E-state index is 12.2. The van der Waals surface area contributed by atoms with E-state index in [1.807, 2.05) is 6.92 Å². The molecular weight excluding hydrogens is 308 g/mol. The highest BCUT2D eigenvalue weighted by molar-refractivity contribution is 6.03. The van der Waals surface area contributed by atoms with Crippen LogP contribution in [0.1, 0.15) is 16.2 Å². The number of nitrogens with one attached hydrogen (secondary N) is 2. The Labute approximate surface area is 138 Å². The SMILES string of the molecule is COc1ccc(NC(=O)c2ccc(Nc3cc(C)on3)cn2)cc1. The van der Waals surface area contributed by atoms with Crippen molar-refractivity contribution in [2.75, 3.05) is 17.7 Å². The average Bonchev–Trinajstić information content (AvgIpc) is 3.01. The van der Waals surface area contributed by atoms with E-state index in [2.05, 4.69) is 20.8 Å². The van der Waals surface area contributed by atoms with Crippen LogP contribution in [0.2, 0.25) is 0 Å². The second-order valence-electron chi connectivity index (χ2n) is 5.06. The van der Waals surface area contributed by atoms with Crippen molar-refractivity contribution in [3.05, 3.63) is 60.1 Å². The molecule has 0 spiro atoms. The van der Waals surface area contributed by atoms with E-state index in [-0.39, 0.29) is 5.91 Å². The van der Waals surface area contributed by atoms with Gasteiger partial charge in [-0.2, -0.15) is 0 Å². The van der Waals surface area contributed by atoms with Crippen molar-refractivity contribution < 1.29 is 14.1 Å². The molecule has 2 heterocycles. The Morgan fingerprint density at radius 2 is 1.88 bits per heavy atom. The fraction of sp³-hybridized carbons (Fsp3) is 0.118. The van der Waals surface area contributed by atoms with Gasteiger partial charge in [-0.05, 0) is 43.3 Å². The number of methoxy groups -OCH3 is 1. The van der Waals surface area contributed by atoms with Gasteiger partial charge in [0.1, 0.15) is 17.2 Å². The molecule has 24 heavy (non-hydrogen) atoms. The average molecular weight is 324 g/mol. The molecule has 122 valence electrons. The number of hydrogen-bond acceptors (Lipinski definition) is 6. The summed E-state index contributed by atoms with van der Waals surface area (Å²) in [5.41, 5.74) is 1.69. The minimum absolute atomic E-state index is 0.288. The Balaban J connectivity index is 1.64. The number of carbonyl (C=O) groups is 1. The first-order chi connectivity index (χ1) is 11.6. The second kappa shape index (κ2) is 6.82. The Bertz CT molecular complexity index is 826. The predicted octanol–water partition coefficient (Wildman–Crippen LogP) is 3.38. The number of aromatic nitrogens is 2. The van der Waals surface area contributed by atoms with E-state index in [0.717, 1.165) is 5.75 Å².